The van der Waals surface area contributed by atoms with E-state index < -0.39 is 42.1 Å². The molecule has 0 aliphatic carbocycles. The van der Waals surface area contributed by atoms with Gasteiger partial charge in [-0.2, -0.15) is 0 Å². The molecule has 1 fully saturated rings. The number of imidazole rings is 1. The monoisotopic (exact) mass is 354 g/mol. The average Bonchev–Trinajstić information content (AvgIpc) is 3.09. The highest BCUT2D eigenvalue weighted by Crippen LogP contribution is 2.35. The Bertz CT molecular complexity index is 864. The van der Waals surface area contributed by atoms with Crippen LogP contribution in [0.1, 0.15) is 20.1 Å². The van der Waals surface area contributed by atoms with E-state index in [0.29, 0.717) is 0 Å². The van der Waals surface area contributed by atoms with E-state index in [4.69, 9.17) is 14.2 Å². The van der Waals surface area contributed by atoms with Crippen molar-refractivity contribution in [3.8, 4) is 0 Å². The third-order valence-corrected chi connectivity index (χ3v) is 3.66. The van der Waals surface area contributed by atoms with Crippen molar-refractivity contribution in [1.82, 2.24) is 19.5 Å². The van der Waals surface area contributed by atoms with Crippen LogP contribution in [0.4, 0.5) is 4.39 Å². The van der Waals surface area contributed by atoms with Crippen molar-refractivity contribution in [1.29, 1.82) is 0 Å². The Kier molecular flexibility index (Phi) is 4.49. The van der Waals surface area contributed by atoms with Gasteiger partial charge in [0.05, 0.1) is 12.7 Å². The van der Waals surface area contributed by atoms with E-state index in [0.717, 1.165) is 13.3 Å². The van der Waals surface area contributed by atoms with Gasteiger partial charge in [-0.05, 0) is 0 Å². The normalized spacial score (nSPS) is 25.9. The van der Waals surface area contributed by atoms with Crippen LogP contribution >= 0.6 is 0 Å². The number of esters is 2. The Morgan fingerprint density at radius 3 is 2.80 bits per heavy atom. The first-order valence-electron chi connectivity index (χ1n) is 7.39. The van der Waals surface area contributed by atoms with Crippen LogP contribution in [-0.4, -0.2) is 56.4 Å². The zero-order valence-corrected chi connectivity index (χ0v) is 13.3. The number of hydrogen-bond donors (Lipinski definition) is 1. The largest absolute Gasteiger partial charge is 0.463 e. The fraction of sp³-hybridized carbons (Fsp3) is 0.500. The van der Waals surface area contributed by atoms with Crippen molar-refractivity contribution in [2.75, 3.05) is 6.61 Å². The molecular formula is C14H15FN4O6. The number of carbonyl (C=O) groups excluding carboxylic acids is 2. The molecule has 3 heterocycles. The lowest BCUT2D eigenvalue weighted by Gasteiger charge is -2.18. The molecular weight excluding hydrogens is 339 g/mol. The summed E-state index contributed by atoms with van der Waals surface area (Å²) in [5, 5.41) is 0. The molecule has 0 spiro atoms. The molecule has 0 amide bonds. The van der Waals surface area contributed by atoms with E-state index in [1.165, 1.54) is 17.8 Å². The highest BCUT2D eigenvalue weighted by Gasteiger charge is 2.49. The topological polar surface area (TPSA) is 125 Å². The van der Waals surface area contributed by atoms with Gasteiger partial charge in [-0.15, -0.1) is 0 Å². The highest BCUT2D eigenvalue weighted by atomic mass is 19.1. The van der Waals surface area contributed by atoms with Crippen molar-refractivity contribution in [2.45, 2.75) is 38.5 Å². The number of aromatic nitrogens is 4. The van der Waals surface area contributed by atoms with Crippen molar-refractivity contribution in [2.24, 2.45) is 0 Å². The predicted molar refractivity (Wildman–Crippen MR) is 79.1 cm³/mol. The number of nitrogens with one attached hydrogen (secondary N) is 1. The molecule has 1 saturated heterocycles. The molecule has 0 bridgehead atoms. The first-order valence-corrected chi connectivity index (χ1v) is 7.39. The maximum Gasteiger partial charge on any atom is 0.303 e. The summed E-state index contributed by atoms with van der Waals surface area (Å²) < 4.78 is 31.5. The third-order valence-electron chi connectivity index (χ3n) is 3.66. The maximum atomic E-state index is 14.9. The van der Waals surface area contributed by atoms with Crippen LogP contribution in [-0.2, 0) is 23.8 Å². The van der Waals surface area contributed by atoms with Gasteiger partial charge < -0.3 is 19.2 Å². The van der Waals surface area contributed by atoms with Crippen LogP contribution < -0.4 is 5.56 Å². The van der Waals surface area contributed by atoms with Gasteiger partial charge in [0.15, 0.2) is 29.7 Å². The van der Waals surface area contributed by atoms with E-state index in [1.807, 2.05) is 0 Å². The van der Waals surface area contributed by atoms with Gasteiger partial charge in [0.2, 0.25) is 0 Å². The summed E-state index contributed by atoms with van der Waals surface area (Å²) in [6.45, 7) is 2.04. The number of alkyl halides is 1. The number of hydrogen-bond acceptors (Lipinski definition) is 8. The fourth-order valence-corrected chi connectivity index (χ4v) is 2.63. The first kappa shape index (κ1) is 17.0. The molecule has 11 heteroatoms. The molecule has 4 atom stereocenters. The summed E-state index contributed by atoms with van der Waals surface area (Å²) in [6, 6.07) is 0. The summed E-state index contributed by atoms with van der Waals surface area (Å²) in [5.41, 5.74) is -0.345. The summed E-state index contributed by atoms with van der Waals surface area (Å²) in [4.78, 5) is 44.2. The lowest BCUT2D eigenvalue weighted by Crippen LogP contribution is -2.36. The van der Waals surface area contributed by atoms with E-state index in [9.17, 15) is 18.8 Å². The van der Waals surface area contributed by atoms with Crippen molar-refractivity contribution in [3.05, 3.63) is 23.0 Å². The standard InChI is InChI=1S/C14H15FN4O6/c1-6(20)23-3-8-11(24-7(2)21)9(15)14(25-8)19-5-18-10-12(19)16-4-17-13(10)22/h4-5,8-9,11,14H,3H2,1-2H3,(H,16,17,22)/t8-,9-,11-,14-/m1/s1. The van der Waals surface area contributed by atoms with Gasteiger partial charge in [0.25, 0.3) is 5.56 Å². The van der Waals surface area contributed by atoms with Crippen molar-refractivity contribution >= 4 is 23.1 Å². The molecule has 0 unspecified atom stereocenters. The molecule has 2 aromatic rings. The minimum absolute atomic E-state index is 0.0192. The van der Waals surface area contributed by atoms with E-state index in [-0.39, 0.29) is 17.8 Å². The third kappa shape index (κ3) is 3.22. The van der Waals surface area contributed by atoms with Crippen LogP contribution in [0, 0.1) is 0 Å². The summed E-state index contributed by atoms with van der Waals surface area (Å²) in [7, 11) is 0. The fourth-order valence-electron chi connectivity index (χ4n) is 2.63. The number of aromatic amines is 1. The first-order chi connectivity index (χ1) is 11.9. The SMILES string of the molecule is CC(=O)OC[C@H]1O[C@@H](n2cnc3c(=O)[nH]cnc32)[C@H](F)[C@@H]1OC(C)=O. The van der Waals surface area contributed by atoms with Crippen LogP contribution in [0.3, 0.4) is 0 Å². The van der Waals surface area contributed by atoms with Crippen molar-refractivity contribution < 1.29 is 28.2 Å². The van der Waals surface area contributed by atoms with Crippen LogP contribution in [0.25, 0.3) is 11.2 Å². The number of halogens is 1. The highest BCUT2D eigenvalue weighted by molar-refractivity contribution is 5.69. The molecule has 0 radical (unpaired) electrons. The van der Waals surface area contributed by atoms with Gasteiger partial charge in [-0.3, -0.25) is 19.0 Å². The number of ether oxygens (including phenoxy) is 3. The molecule has 0 saturated carbocycles. The molecule has 1 aliphatic rings. The summed E-state index contributed by atoms with van der Waals surface area (Å²) in [5.74, 6) is -1.28. The predicted octanol–water partition coefficient (Wildman–Crippen LogP) is -0.150. The van der Waals surface area contributed by atoms with Gasteiger partial charge in [-0.25, -0.2) is 14.4 Å². The second-order valence-electron chi connectivity index (χ2n) is 5.44. The van der Waals surface area contributed by atoms with Gasteiger partial charge >= 0.3 is 11.9 Å². The summed E-state index contributed by atoms with van der Waals surface area (Å²) >= 11 is 0. The van der Waals surface area contributed by atoms with E-state index >= 15 is 0 Å². The number of H-pyrrole nitrogens is 1. The van der Waals surface area contributed by atoms with Crippen LogP contribution in [0.5, 0.6) is 0 Å². The Hall–Kier alpha value is -2.82. The Morgan fingerprint density at radius 2 is 2.12 bits per heavy atom. The van der Waals surface area contributed by atoms with Gasteiger partial charge in [-0.1, -0.05) is 0 Å². The lowest BCUT2D eigenvalue weighted by atomic mass is 10.1. The lowest BCUT2D eigenvalue weighted by molar-refractivity contribution is -0.156. The Morgan fingerprint density at radius 1 is 1.36 bits per heavy atom. The maximum absolute atomic E-state index is 14.9. The number of rotatable bonds is 4. The molecule has 25 heavy (non-hydrogen) atoms. The second kappa shape index (κ2) is 6.59. The van der Waals surface area contributed by atoms with E-state index in [2.05, 4.69) is 15.0 Å². The molecule has 2 aromatic heterocycles. The molecule has 3 rings (SSSR count). The summed E-state index contributed by atoms with van der Waals surface area (Å²) in [6.07, 6.45) is -2.94. The van der Waals surface area contributed by atoms with E-state index in [1.54, 1.807) is 0 Å². The molecule has 0 aromatic carbocycles. The molecule has 10 nitrogen and oxygen atoms in total. The zero-order chi connectivity index (χ0) is 18.1. The second-order valence-corrected chi connectivity index (χ2v) is 5.44. The number of carbonyl (C=O) groups is 2. The van der Waals surface area contributed by atoms with Crippen LogP contribution in [0.15, 0.2) is 17.4 Å². The van der Waals surface area contributed by atoms with Crippen LogP contribution in [0.2, 0.25) is 0 Å². The average molecular weight is 354 g/mol. The molecule has 134 valence electrons. The van der Waals surface area contributed by atoms with Crippen molar-refractivity contribution in [3.63, 3.8) is 0 Å². The minimum atomic E-state index is -1.78. The number of nitrogens with zero attached hydrogens (tertiary/aromatic N) is 3. The molecule has 1 aliphatic heterocycles. The van der Waals surface area contributed by atoms with Gasteiger partial charge in [0.1, 0.15) is 12.7 Å². The minimum Gasteiger partial charge on any atom is -0.463 e. The molecule has 1 N–H and O–H groups in total. The Labute approximate surface area is 139 Å². The zero-order valence-electron chi connectivity index (χ0n) is 13.3. The number of fused-ring (bicyclic) bond motifs is 1. The smallest absolute Gasteiger partial charge is 0.303 e. The quantitative estimate of drug-likeness (QED) is 0.752. The van der Waals surface area contributed by atoms with Gasteiger partial charge in [0, 0.05) is 13.8 Å². The Balaban J connectivity index is 1.92.